The maximum atomic E-state index is 12.3. The predicted octanol–water partition coefficient (Wildman–Crippen LogP) is 4.87. The van der Waals surface area contributed by atoms with E-state index in [1.165, 1.54) is 0 Å². The Morgan fingerprint density at radius 2 is 2.06 bits per heavy atom. The number of carbonyl (C=O) groups excluding carboxylic acids is 1. The van der Waals surface area contributed by atoms with Crippen molar-refractivity contribution in [3.8, 4) is 11.3 Å². The van der Waals surface area contributed by atoms with Crippen molar-refractivity contribution in [3.63, 3.8) is 0 Å². The highest BCUT2D eigenvalue weighted by molar-refractivity contribution is 6.34. The summed E-state index contributed by atoms with van der Waals surface area (Å²) in [5.74, 6) is 0.395. The number of fused-ring (bicyclic) bond motifs is 2. The van der Waals surface area contributed by atoms with Gasteiger partial charge in [0, 0.05) is 17.1 Å². The number of nitrogens with zero attached hydrogens (tertiary/aromatic N) is 3. The number of halogens is 1. The highest BCUT2D eigenvalue weighted by atomic mass is 35.5. The molecule has 0 aliphatic carbocycles. The SMILES string of the molecule is CCCONC(=O)c1ccc(-c2ccc3c(n2)N(Cc2ccc4ncccc4c2)NN3)cc1Cl. The van der Waals surface area contributed by atoms with Crippen LogP contribution >= 0.6 is 11.6 Å². The van der Waals surface area contributed by atoms with E-state index < -0.39 is 0 Å². The lowest BCUT2D eigenvalue weighted by molar-refractivity contribution is 0.0315. The molecule has 3 N–H and O–H groups in total. The van der Waals surface area contributed by atoms with Crippen molar-refractivity contribution in [1.29, 1.82) is 0 Å². The van der Waals surface area contributed by atoms with E-state index in [9.17, 15) is 4.79 Å². The van der Waals surface area contributed by atoms with Crippen LogP contribution in [0.15, 0.2) is 66.9 Å². The Morgan fingerprint density at radius 1 is 1.15 bits per heavy atom. The molecule has 0 saturated carbocycles. The zero-order valence-electron chi connectivity index (χ0n) is 18.5. The second-order valence-electron chi connectivity index (χ2n) is 7.90. The number of nitrogens with one attached hydrogen (secondary N) is 3. The van der Waals surface area contributed by atoms with Gasteiger partial charge in [-0.05, 0) is 54.4 Å². The molecule has 8 nitrogen and oxygen atoms in total. The minimum Gasteiger partial charge on any atom is -0.300 e. The van der Waals surface area contributed by atoms with Gasteiger partial charge in [-0.1, -0.05) is 36.7 Å². The molecule has 0 spiro atoms. The number of benzene rings is 2. The van der Waals surface area contributed by atoms with Crippen LogP contribution < -0.4 is 21.4 Å². The number of rotatable bonds is 7. The molecule has 2 aromatic carbocycles. The van der Waals surface area contributed by atoms with Gasteiger partial charge < -0.3 is 5.43 Å². The molecule has 0 unspecified atom stereocenters. The Hall–Kier alpha value is -3.72. The molecule has 5 rings (SSSR count). The molecule has 0 radical (unpaired) electrons. The number of hydrogen-bond acceptors (Lipinski definition) is 7. The number of carbonyl (C=O) groups is 1. The second-order valence-corrected chi connectivity index (χ2v) is 8.30. The van der Waals surface area contributed by atoms with Crippen molar-refractivity contribution < 1.29 is 9.63 Å². The van der Waals surface area contributed by atoms with Crippen molar-refractivity contribution in [2.24, 2.45) is 0 Å². The van der Waals surface area contributed by atoms with Crippen LogP contribution in [0.4, 0.5) is 11.5 Å². The third-order valence-electron chi connectivity index (χ3n) is 5.44. The van der Waals surface area contributed by atoms with Crippen LogP contribution in [0, 0.1) is 0 Å². The van der Waals surface area contributed by atoms with Crippen LogP contribution in [0.25, 0.3) is 22.2 Å². The van der Waals surface area contributed by atoms with Crippen LogP contribution in [0.3, 0.4) is 0 Å². The topological polar surface area (TPSA) is 91.4 Å². The number of aromatic nitrogens is 2. The summed E-state index contributed by atoms with van der Waals surface area (Å²) in [5, 5.41) is 3.37. The molecule has 2 aromatic heterocycles. The van der Waals surface area contributed by atoms with Crippen LogP contribution in [0.1, 0.15) is 29.3 Å². The van der Waals surface area contributed by atoms with Gasteiger partial charge in [-0.3, -0.25) is 19.6 Å². The van der Waals surface area contributed by atoms with Gasteiger partial charge in [0.25, 0.3) is 5.91 Å². The predicted molar refractivity (Wildman–Crippen MR) is 133 cm³/mol. The average Bonchev–Trinajstić information content (AvgIpc) is 3.26. The van der Waals surface area contributed by atoms with E-state index in [0.717, 1.165) is 45.6 Å². The van der Waals surface area contributed by atoms with Gasteiger partial charge in [-0.2, -0.15) is 0 Å². The van der Waals surface area contributed by atoms with Gasteiger partial charge in [0.05, 0.1) is 40.6 Å². The van der Waals surface area contributed by atoms with Crippen LogP contribution in [-0.2, 0) is 11.4 Å². The molecular weight excluding hydrogens is 452 g/mol. The standard InChI is InChI=1S/C25H23ClN6O2/c1-2-12-34-30-25(33)19-7-6-18(14-20(19)26)22-9-10-23-24(28-22)32(31-29-23)15-16-5-8-21-17(13-16)4-3-11-27-21/h3-11,13-14,29,31H,2,12,15H2,1H3,(H,30,33). The van der Waals surface area contributed by atoms with Gasteiger partial charge >= 0.3 is 0 Å². The molecule has 4 aromatic rings. The summed E-state index contributed by atoms with van der Waals surface area (Å²) in [4.78, 5) is 26.6. The Balaban J connectivity index is 1.37. The first-order valence-corrected chi connectivity index (χ1v) is 11.4. The van der Waals surface area contributed by atoms with Crippen LogP contribution in [0.5, 0.6) is 0 Å². The van der Waals surface area contributed by atoms with Gasteiger partial charge in [0.15, 0.2) is 5.82 Å². The van der Waals surface area contributed by atoms with Crippen molar-refractivity contribution in [3.05, 3.63) is 83.0 Å². The number of pyridine rings is 2. The van der Waals surface area contributed by atoms with E-state index in [0.29, 0.717) is 23.7 Å². The fraction of sp³-hybridized carbons (Fsp3) is 0.160. The maximum Gasteiger partial charge on any atom is 0.276 e. The lowest BCUT2D eigenvalue weighted by Gasteiger charge is -2.18. The van der Waals surface area contributed by atoms with Crippen molar-refractivity contribution in [2.75, 3.05) is 17.0 Å². The highest BCUT2D eigenvalue weighted by Gasteiger charge is 2.22. The molecule has 0 bridgehead atoms. The molecule has 1 aliphatic heterocycles. The van der Waals surface area contributed by atoms with E-state index in [4.69, 9.17) is 21.4 Å². The fourth-order valence-corrected chi connectivity index (χ4v) is 4.01. The van der Waals surface area contributed by atoms with E-state index in [1.807, 2.05) is 42.3 Å². The van der Waals surface area contributed by atoms with Crippen molar-refractivity contribution in [1.82, 2.24) is 21.0 Å². The zero-order valence-corrected chi connectivity index (χ0v) is 19.3. The normalized spacial score (nSPS) is 12.5. The molecule has 0 fully saturated rings. The summed E-state index contributed by atoms with van der Waals surface area (Å²) in [7, 11) is 0. The first-order valence-electron chi connectivity index (χ1n) is 11.0. The molecule has 172 valence electrons. The Bertz CT molecular complexity index is 1360. The van der Waals surface area contributed by atoms with Crippen LogP contribution in [-0.4, -0.2) is 22.5 Å². The molecule has 0 saturated heterocycles. The van der Waals surface area contributed by atoms with E-state index in [1.54, 1.807) is 18.3 Å². The van der Waals surface area contributed by atoms with E-state index in [-0.39, 0.29) is 5.91 Å². The number of amides is 1. The third kappa shape index (κ3) is 4.51. The summed E-state index contributed by atoms with van der Waals surface area (Å²) in [6.07, 6.45) is 2.59. The summed E-state index contributed by atoms with van der Waals surface area (Å²) in [6, 6.07) is 19.3. The molecular formula is C25H23ClN6O2. The van der Waals surface area contributed by atoms with Crippen molar-refractivity contribution >= 4 is 39.9 Å². The van der Waals surface area contributed by atoms with Gasteiger partial charge in [-0.15, -0.1) is 5.53 Å². The van der Waals surface area contributed by atoms with E-state index >= 15 is 0 Å². The second kappa shape index (κ2) is 9.64. The van der Waals surface area contributed by atoms with Crippen molar-refractivity contribution in [2.45, 2.75) is 19.9 Å². The van der Waals surface area contributed by atoms with Crippen LogP contribution in [0.2, 0.25) is 5.02 Å². The average molecular weight is 475 g/mol. The number of hydrazine groups is 2. The van der Waals surface area contributed by atoms with Gasteiger partial charge in [-0.25, -0.2) is 10.5 Å². The Kier molecular flexibility index (Phi) is 6.27. The lowest BCUT2D eigenvalue weighted by Crippen LogP contribution is -2.35. The summed E-state index contributed by atoms with van der Waals surface area (Å²) in [5.41, 5.74) is 13.6. The highest BCUT2D eigenvalue weighted by Crippen LogP contribution is 2.32. The monoisotopic (exact) mass is 474 g/mol. The summed E-state index contributed by atoms with van der Waals surface area (Å²) >= 11 is 6.40. The fourth-order valence-electron chi connectivity index (χ4n) is 3.75. The number of hydroxylamine groups is 1. The number of anilines is 2. The minimum absolute atomic E-state index is 0.329. The third-order valence-corrected chi connectivity index (χ3v) is 5.76. The van der Waals surface area contributed by atoms with Gasteiger partial charge in [0.2, 0.25) is 0 Å². The maximum absolute atomic E-state index is 12.3. The zero-order chi connectivity index (χ0) is 23.5. The summed E-state index contributed by atoms with van der Waals surface area (Å²) in [6.45, 7) is 3.01. The first-order chi connectivity index (χ1) is 16.6. The largest absolute Gasteiger partial charge is 0.300 e. The Morgan fingerprint density at radius 3 is 2.91 bits per heavy atom. The summed E-state index contributed by atoms with van der Waals surface area (Å²) < 4.78 is 0. The lowest BCUT2D eigenvalue weighted by atomic mass is 10.1. The molecule has 1 aliphatic rings. The molecule has 0 atom stereocenters. The first kappa shape index (κ1) is 22.1. The van der Waals surface area contributed by atoms with E-state index in [2.05, 4.69) is 39.6 Å². The molecule has 9 heteroatoms. The molecule has 3 heterocycles. The minimum atomic E-state index is -0.378. The molecule has 1 amide bonds. The quantitative estimate of drug-likeness (QED) is 0.260. The number of hydrogen-bond donors (Lipinski definition) is 3. The van der Waals surface area contributed by atoms with Gasteiger partial charge in [0.1, 0.15) is 0 Å². The molecule has 34 heavy (non-hydrogen) atoms. The Labute approximate surface area is 201 Å². The smallest absolute Gasteiger partial charge is 0.276 e.